The molecule has 0 heterocycles. The topological polar surface area (TPSA) is 29.1 Å². The van der Waals surface area contributed by atoms with Crippen molar-refractivity contribution in [3.63, 3.8) is 0 Å². The van der Waals surface area contributed by atoms with E-state index in [0.29, 0.717) is 15.6 Å². The number of hydrogen-bond donors (Lipinski definition) is 1. The van der Waals surface area contributed by atoms with Gasteiger partial charge in [-0.15, -0.1) is 0 Å². The zero-order valence-corrected chi connectivity index (χ0v) is 11.4. The van der Waals surface area contributed by atoms with Gasteiger partial charge in [-0.05, 0) is 18.2 Å². The largest absolute Gasteiger partial charge is 0.362 e. The van der Waals surface area contributed by atoms with Gasteiger partial charge in [0.1, 0.15) is 0 Å². The zero-order chi connectivity index (χ0) is 13.7. The molecular formula is C15H11Cl2NO. The van der Waals surface area contributed by atoms with Gasteiger partial charge < -0.3 is 5.32 Å². The second kappa shape index (κ2) is 6.41. The van der Waals surface area contributed by atoms with E-state index < -0.39 is 0 Å². The molecule has 0 bridgehead atoms. The highest BCUT2D eigenvalue weighted by atomic mass is 35.5. The van der Waals surface area contributed by atoms with Crippen molar-refractivity contribution in [1.82, 2.24) is 0 Å². The first-order chi connectivity index (χ1) is 9.16. The molecule has 4 heteroatoms. The number of anilines is 1. The molecule has 0 aliphatic carbocycles. The molecule has 19 heavy (non-hydrogen) atoms. The molecule has 0 fully saturated rings. The molecular weight excluding hydrogens is 281 g/mol. The van der Waals surface area contributed by atoms with Crippen LogP contribution in [0.3, 0.4) is 0 Å². The van der Waals surface area contributed by atoms with Crippen molar-refractivity contribution in [3.05, 3.63) is 76.4 Å². The first kappa shape index (κ1) is 13.7. The van der Waals surface area contributed by atoms with Crippen LogP contribution in [0.5, 0.6) is 0 Å². The van der Waals surface area contributed by atoms with Crippen molar-refractivity contribution in [2.75, 3.05) is 5.32 Å². The number of benzene rings is 2. The second-order valence-corrected chi connectivity index (χ2v) is 4.65. The van der Waals surface area contributed by atoms with E-state index in [2.05, 4.69) is 5.32 Å². The molecule has 0 aromatic heterocycles. The molecule has 96 valence electrons. The van der Waals surface area contributed by atoms with Crippen molar-refractivity contribution in [2.45, 2.75) is 0 Å². The number of allylic oxidation sites excluding steroid dienone is 1. The quantitative estimate of drug-likeness (QED) is 0.647. The normalized spacial score (nSPS) is 10.6. The number of hydrogen-bond acceptors (Lipinski definition) is 2. The average Bonchev–Trinajstić information content (AvgIpc) is 2.43. The van der Waals surface area contributed by atoms with Crippen LogP contribution in [0.15, 0.2) is 60.8 Å². The Morgan fingerprint density at radius 1 is 1.00 bits per heavy atom. The number of nitrogens with one attached hydrogen (secondary N) is 1. The molecule has 2 aromatic rings. The molecule has 0 aliphatic rings. The van der Waals surface area contributed by atoms with Crippen molar-refractivity contribution >= 4 is 34.7 Å². The smallest absolute Gasteiger partial charge is 0.187 e. The maximum Gasteiger partial charge on any atom is 0.187 e. The Balaban J connectivity index is 2.00. The Morgan fingerprint density at radius 2 is 1.74 bits per heavy atom. The lowest BCUT2D eigenvalue weighted by atomic mass is 10.1. The standard InChI is InChI=1S/C15H11Cl2NO/c16-13-7-6-12(10-14(13)17)18-9-8-15(19)11-4-2-1-3-5-11/h1-10,18H. The van der Waals surface area contributed by atoms with Crippen LogP contribution in [-0.2, 0) is 0 Å². The van der Waals surface area contributed by atoms with Crippen LogP contribution >= 0.6 is 23.2 Å². The lowest BCUT2D eigenvalue weighted by Gasteiger charge is -2.02. The highest BCUT2D eigenvalue weighted by Crippen LogP contribution is 2.24. The molecule has 0 atom stereocenters. The fourth-order valence-electron chi connectivity index (χ4n) is 1.50. The Labute approximate surface area is 121 Å². The van der Waals surface area contributed by atoms with Crippen molar-refractivity contribution in [3.8, 4) is 0 Å². The average molecular weight is 292 g/mol. The molecule has 1 N–H and O–H groups in total. The molecule has 0 unspecified atom stereocenters. The van der Waals surface area contributed by atoms with Crippen LogP contribution in [0.4, 0.5) is 5.69 Å². The molecule has 0 saturated carbocycles. The van der Waals surface area contributed by atoms with Crippen LogP contribution < -0.4 is 5.32 Å². The second-order valence-electron chi connectivity index (χ2n) is 3.84. The maximum absolute atomic E-state index is 11.8. The molecule has 2 nitrogen and oxygen atoms in total. The molecule has 2 aromatic carbocycles. The summed E-state index contributed by atoms with van der Waals surface area (Å²) in [6.45, 7) is 0. The highest BCUT2D eigenvalue weighted by molar-refractivity contribution is 6.42. The van der Waals surface area contributed by atoms with Gasteiger partial charge in [-0.1, -0.05) is 53.5 Å². The van der Waals surface area contributed by atoms with Gasteiger partial charge in [0, 0.05) is 23.5 Å². The first-order valence-electron chi connectivity index (χ1n) is 5.64. The summed E-state index contributed by atoms with van der Waals surface area (Å²) in [6, 6.07) is 14.2. The maximum atomic E-state index is 11.8. The molecule has 2 rings (SSSR count). The SMILES string of the molecule is O=C(C=CNc1ccc(Cl)c(Cl)c1)c1ccccc1. The highest BCUT2D eigenvalue weighted by Gasteiger charge is 2.00. The third-order valence-electron chi connectivity index (χ3n) is 2.46. The zero-order valence-electron chi connectivity index (χ0n) is 9.94. The van der Waals surface area contributed by atoms with Crippen LogP contribution in [0.25, 0.3) is 0 Å². The summed E-state index contributed by atoms with van der Waals surface area (Å²) >= 11 is 11.7. The molecule has 0 spiro atoms. The van der Waals surface area contributed by atoms with Gasteiger partial charge in [0.25, 0.3) is 0 Å². The van der Waals surface area contributed by atoms with E-state index >= 15 is 0 Å². The third kappa shape index (κ3) is 3.85. The lowest BCUT2D eigenvalue weighted by Crippen LogP contribution is -1.95. The van der Waals surface area contributed by atoms with Crippen molar-refractivity contribution in [2.24, 2.45) is 0 Å². The monoisotopic (exact) mass is 291 g/mol. The third-order valence-corrected chi connectivity index (χ3v) is 3.20. The molecule has 0 saturated heterocycles. The summed E-state index contributed by atoms with van der Waals surface area (Å²) in [5.74, 6) is -0.0619. The summed E-state index contributed by atoms with van der Waals surface area (Å²) in [7, 11) is 0. The van der Waals surface area contributed by atoms with Gasteiger partial charge in [-0.2, -0.15) is 0 Å². The Kier molecular flexibility index (Phi) is 4.61. The Morgan fingerprint density at radius 3 is 2.42 bits per heavy atom. The first-order valence-corrected chi connectivity index (χ1v) is 6.40. The number of halogens is 2. The number of ketones is 1. The van der Waals surface area contributed by atoms with E-state index in [0.717, 1.165) is 5.69 Å². The van der Waals surface area contributed by atoms with Gasteiger partial charge in [-0.3, -0.25) is 4.79 Å². The summed E-state index contributed by atoms with van der Waals surface area (Å²) in [5.41, 5.74) is 1.42. The van der Waals surface area contributed by atoms with E-state index in [1.54, 1.807) is 36.5 Å². The van der Waals surface area contributed by atoms with Crippen LogP contribution in [0.1, 0.15) is 10.4 Å². The minimum atomic E-state index is -0.0619. The summed E-state index contributed by atoms with van der Waals surface area (Å²) in [6.07, 6.45) is 3.05. The van der Waals surface area contributed by atoms with Gasteiger partial charge in [0.15, 0.2) is 5.78 Å². The lowest BCUT2D eigenvalue weighted by molar-refractivity contribution is 0.104. The van der Waals surface area contributed by atoms with Crippen molar-refractivity contribution < 1.29 is 4.79 Å². The molecule has 0 amide bonds. The summed E-state index contributed by atoms with van der Waals surface area (Å²) < 4.78 is 0. The summed E-state index contributed by atoms with van der Waals surface area (Å²) in [4.78, 5) is 11.8. The Bertz CT molecular complexity index is 609. The van der Waals surface area contributed by atoms with Crippen LogP contribution in [0, 0.1) is 0 Å². The van der Waals surface area contributed by atoms with E-state index in [1.807, 2.05) is 18.2 Å². The predicted octanol–water partition coefficient (Wildman–Crippen LogP) is 4.80. The predicted molar refractivity (Wildman–Crippen MR) is 80.0 cm³/mol. The molecule has 0 aliphatic heterocycles. The fourth-order valence-corrected chi connectivity index (χ4v) is 1.80. The minimum absolute atomic E-state index is 0.0619. The summed E-state index contributed by atoms with van der Waals surface area (Å²) in [5, 5.41) is 3.93. The number of carbonyl (C=O) groups is 1. The van der Waals surface area contributed by atoms with Gasteiger partial charge in [-0.25, -0.2) is 0 Å². The van der Waals surface area contributed by atoms with Gasteiger partial charge >= 0.3 is 0 Å². The molecule has 0 radical (unpaired) electrons. The number of carbonyl (C=O) groups excluding carboxylic acids is 1. The minimum Gasteiger partial charge on any atom is -0.362 e. The number of rotatable bonds is 4. The van der Waals surface area contributed by atoms with Gasteiger partial charge in [0.2, 0.25) is 0 Å². The van der Waals surface area contributed by atoms with E-state index in [4.69, 9.17) is 23.2 Å². The Hall–Kier alpha value is -1.77. The van der Waals surface area contributed by atoms with E-state index in [-0.39, 0.29) is 5.78 Å². The van der Waals surface area contributed by atoms with Crippen LogP contribution in [0.2, 0.25) is 10.0 Å². The van der Waals surface area contributed by atoms with E-state index in [1.165, 1.54) is 6.08 Å². The fraction of sp³-hybridized carbons (Fsp3) is 0. The van der Waals surface area contributed by atoms with E-state index in [9.17, 15) is 4.79 Å². The van der Waals surface area contributed by atoms with Crippen molar-refractivity contribution in [1.29, 1.82) is 0 Å². The van der Waals surface area contributed by atoms with Crippen LogP contribution in [-0.4, -0.2) is 5.78 Å². The van der Waals surface area contributed by atoms with Gasteiger partial charge in [0.05, 0.1) is 10.0 Å².